The highest BCUT2D eigenvalue weighted by atomic mass is 16.5. The Kier molecular flexibility index (Phi) is 6.87. The van der Waals surface area contributed by atoms with Crippen molar-refractivity contribution in [3.63, 3.8) is 0 Å². The minimum atomic E-state index is 0.603. The lowest BCUT2D eigenvalue weighted by atomic mass is 10.1. The standard InChI is InChI=1S/C26H29N7O/c1-18-15-20(9-11-28-18)22-7-8-23-26(31-22)33(14-6-13-32(23)4)19(2)30-25-16-21(10-12-29-25)24(34-5)17-27-3/h7-12,15-17H,2-3,6,13-14H2,1,4-5H3,(H,29,30)/b24-17-. The van der Waals surface area contributed by atoms with Gasteiger partial charge in [0.15, 0.2) is 5.82 Å². The van der Waals surface area contributed by atoms with Crippen LogP contribution in [0.5, 0.6) is 0 Å². The van der Waals surface area contributed by atoms with Crippen LogP contribution in [0.15, 0.2) is 72.4 Å². The minimum Gasteiger partial charge on any atom is -0.495 e. The van der Waals surface area contributed by atoms with Gasteiger partial charge in [0.2, 0.25) is 0 Å². The van der Waals surface area contributed by atoms with E-state index in [9.17, 15) is 0 Å². The highest BCUT2D eigenvalue weighted by Gasteiger charge is 2.23. The van der Waals surface area contributed by atoms with Crippen LogP contribution >= 0.6 is 0 Å². The fourth-order valence-corrected chi connectivity index (χ4v) is 3.95. The van der Waals surface area contributed by atoms with Crippen molar-refractivity contribution >= 4 is 29.8 Å². The average molecular weight is 456 g/mol. The van der Waals surface area contributed by atoms with E-state index in [-0.39, 0.29) is 0 Å². The van der Waals surface area contributed by atoms with Gasteiger partial charge in [-0.1, -0.05) is 6.58 Å². The molecule has 0 saturated carbocycles. The molecule has 0 unspecified atom stereocenters. The van der Waals surface area contributed by atoms with E-state index in [0.717, 1.165) is 53.5 Å². The molecular weight excluding hydrogens is 426 g/mol. The first-order chi connectivity index (χ1) is 16.5. The molecule has 0 radical (unpaired) electrons. The van der Waals surface area contributed by atoms with Crippen LogP contribution in [0.1, 0.15) is 17.7 Å². The van der Waals surface area contributed by atoms with E-state index in [4.69, 9.17) is 9.72 Å². The van der Waals surface area contributed by atoms with Crippen LogP contribution in [0, 0.1) is 6.92 Å². The van der Waals surface area contributed by atoms with E-state index < -0.39 is 0 Å². The van der Waals surface area contributed by atoms with E-state index in [0.29, 0.717) is 17.4 Å². The van der Waals surface area contributed by atoms with Gasteiger partial charge in [-0.05, 0) is 56.5 Å². The number of nitrogens with one attached hydrogen (secondary N) is 1. The number of hydrogen-bond donors (Lipinski definition) is 1. The number of pyridine rings is 3. The molecule has 8 heteroatoms. The average Bonchev–Trinajstić information content (AvgIpc) is 3.01. The van der Waals surface area contributed by atoms with Crippen molar-refractivity contribution in [1.29, 1.82) is 0 Å². The quantitative estimate of drug-likeness (QED) is 0.408. The summed E-state index contributed by atoms with van der Waals surface area (Å²) in [6.45, 7) is 11.5. The van der Waals surface area contributed by atoms with Gasteiger partial charge in [-0.2, -0.15) is 0 Å². The molecule has 0 saturated heterocycles. The van der Waals surface area contributed by atoms with E-state index in [1.165, 1.54) is 0 Å². The Morgan fingerprint density at radius 2 is 1.97 bits per heavy atom. The van der Waals surface area contributed by atoms with Gasteiger partial charge in [0.1, 0.15) is 17.4 Å². The largest absolute Gasteiger partial charge is 0.495 e. The van der Waals surface area contributed by atoms with Crippen LogP contribution in [-0.2, 0) is 4.74 Å². The summed E-state index contributed by atoms with van der Waals surface area (Å²) < 4.78 is 5.41. The predicted octanol–water partition coefficient (Wildman–Crippen LogP) is 4.72. The Labute approximate surface area is 200 Å². The lowest BCUT2D eigenvalue weighted by molar-refractivity contribution is 0.369. The maximum absolute atomic E-state index is 5.41. The number of fused-ring (bicyclic) bond motifs is 1. The van der Waals surface area contributed by atoms with Crippen molar-refractivity contribution in [2.75, 3.05) is 42.4 Å². The molecule has 0 aromatic carbocycles. The molecule has 3 aromatic rings. The van der Waals surface area contributed by atoms with Crippen LogP contribution in [0.4, 0.5) is 17.3 Å². The summed E-state index contributed by atoms with van der Waals surface area (Å²) in [6.07, 6.45) is 6.06. The van der Waals surface area contributed by atoms with Gasteiger partial charge in [0.05, 0.1) is 24.7 Å². The van der Waals surface area contributed by atoms with Crippen molar-refractivity contribution in [2.45, 2.75) is 13.3 Å². The topological polar surface area (TPSA) is 78.8 Å². The van der Waals surface area contributed by atoms with Crippen molar-refractivity contribution in [3.05, 3.63) is 78.6 Å². The molecule has 174 valence electrons. The molecule has 0 amide bonds. The molecule has 0 aliphatic carbocycles. The Balaban J connectivity index is 1.67. The van der Waals surface area contributed by atoms with Gasteiger partial charge in [0.25, 0.3) is 0 Å². The normalized spacial score (nSPS) is 13.7. The lowest BCUT2D eigenvalue weighted by Crippen LogP contribution is -2.28. The first-order valence-corrected chi connectivity index (χ1v) is 11.0. The highest BCUT2D eigenvalue weighted by molar-refractivity contribution is 5.75. The van der Waals surface area contributed by atoms with Gasteiger partial charge in [0, 0.05) is 49.4 Å². The van der Waals surface area contributed by atoms with Crippen molar-refractivity contribution in [2.24, 2.45) is 4.99 Å². The third kappa shape index (κ3) is 4.91. The summed E-state index contributed by atoms with van der Waals surface area (Å²) in [7, 11) is 3.69. The number of anilines is 3. The van der Waals surface area contributed by atoms with Crippen LogP contribution < -0.4 is 15.1 Å². The van der Waals surface area contributed by atoms with Crippen LogP contribution in [0.2, 0.25) is 0 Å². The van der Waals surface area contributed by atoms with Crippen LogP contribution in [-0.4, -0.2) is 48.9 Å². The maximum atomic E-state index is 5.41. The van der Waals surface area contributed by atoms with Crippen molar-refractivity contribution in [1.82, 2.24) is 15.0 Å². The number of ether oxygens (including phenoxy) is 1. The first kappa shape index (κ1) is 23.0. The predicted molar refractivity (Wildman–Crippen MR) is 139 cm³/mol. The van der Waals surface area contributed by atoms with Gasteiger partial charge in [-0.25, -0.2) is 9.97 Å². The molecule has 0 fully saturated rings. The molecule has 0 atom stereocenters. The van der Waals surface area contributed by atoms with Crippen molar-refractivity contribution in [3.8, 4) is 11.3 Å². The van der Waals surface area contributed by atoms with Crippen LogP contribution in [0.25, 0.3) is 17.0 Å². The molecule has 8 nitrogen and oxygen atoms in total. The Hall–Kier alpha value is -4.20. The van der Waals surface area contributed by atoms with E-state index in [1.54, 1.807) is 19.5 Å². The summed E-state index contributed by atoms with van der Waals surface area (Å²) in [6, 6.07) is 11.9. The number of aryl methyl sites for hydroxylation is 1. The number of rotatable bonds is 7. The first-order valence-electron chi connectivity index (χ1n) is 11.0. The van der Waals surface area contributed by atoms with E-state index in [1.807, 2.05) is 37.4 Å². The highest BCUT2D eigenvalue weighted by Crippen LogP contribution is 2.34. The molecule has 1 aliphatic heterocycles. The van der Waals surface area contributed by atoms with Gasteiger partial charge in [-0.3, -0.25) is 9.98 Å². The van der Waals surface area contributed by atoms with E-state index in [2.05, 4.69) is 62.6 Å². The fraction of sp³-hybridized carbons (Fsp3) is 0.231. The molecule has 4 heterocycles. The maximum Gasteiger partial charge on any atom is 0.158 e. The minimum absolute atomic E-state index is 0.603. The van der Waals surface area contributed by atoms with Crippen molar-refractivity contribution < 1.29 is 4.74 Å². The molecule has 34 heavy (non-hydrogen) atoms. The van der Waals surface area contributed by atoms with Crippen LogP contribution in [0.3, 0.4) is 0 Å². The van der Waals surface area contributed by atoms with Gasteiger partial charge in [-0.15, -0.1) is 0 Å². The zero-order valence-electron chi connectivity index (χ0n) is 19.8. The smallest absolute Gasteiger partial charge is 0.158 e. The lowest BCUT2D eigenvalue weighted by Gasteiger charge is -2.27. The SMILES string of the molecule is C=N/C=C(\OC)c1ccnc(NC(=C)N2CCCN(C)c3ccc(-c4ccnc(C)c4)nc32)c1. The number of nitrogens with zero attached hydrogens (tertiary/aromatic N) is 6. The van der Waals surface area contributed by atoms with Gasteiger partial charge < -0.3 is 19.9 Å². The summed E-state index contributed by atoms with van der Waals surface area (Å²) in [5.74, 6) is 2.80. The Morgan fingerprint density at radius 1 is 1.15 bits per heavy atom. The second-order valence-electron chi connectivity index (χ2n) is 8.03. The molecule has 4 rings (SSSR count). The summed E-state index contributed by atoms with van der Waals surface area (Å²) in [5.41, 5.74) is 4.77. The van der Waals surface area contributed by atoms with Gasteiger partial charge >= 0.3 is 0 Å². The molecule has 0 spiro atoms. The molecule has 1 aliphatic rings. The third-order valence-corrected chi connectivity index (χ3v) is 5.66. The van der Waals surface area contributed by atoms with E-state index >= 15 is 0 Å². The zero-order chi connectivity index (χ0) is 24.1. The Bertz CT molecular complexity index is 1240. The number of hydrogen-bond acceptors (Lipinski definition) is 8. The molecule has 0 bridgehead atoms. The monoisotopic (exact) mass is 455 g/mol. The summed E-state index contributed by atoms with van der Waals surface area (Å²) >= 11 is 0. The molecule has 3 aromatic heterocycles. The summed E-state index contributed by atoms with van der Waals surface area (Å²) in [4.78, 5) is 22.0. The number of aromatic nitrogens is 3. The number of methoxy groups -OCH3 is 1. The second-order valence-corrected chi connectivity index (χ2v) is 8.03. The molecular formula is C26H29N7O. The fourth-order valence-electron chi connectivity index (χ4n) is 3.95. The molecule has 1 N–H and O–H groups in total. The Morgan fingerprint density at radius 3 is 2.74 bits per heavy atom. The second kappa shape index (κ2) is 10.2. The zero-order valence-corrected chi connectivity index (χ0v) is 19.8. The third-order valence-electron chi connectivity index (χ3n) is 5.66. The summed E-state index contributed by atoms with van der Waals surface area (Å²) in [5, 5.41) is 3.35. The number of aliphatic imine (C=N–C) groups is 1.